The third-order valence-electron chi connectivity index (χ3n) is 4.19. The lowest BCUT2D eigenvalue weighted by Crippen LogP contribution is -2.39. The molecule has 1 rings (SSSR count). The molecule has 4 unspecified atom stereocenters. The normalized spacial score (nSPS) is 28.8. The van der Waals surface area contributed by atoms with E-state index in [9.17, 15) is 9.59 Å². The van der Waals surface area contributed by atoms with Crippen LogP contribution in [0.2, 0.25) is 0 Å². The SMILES string of the molecule is CC1CCC(C(C)C)C(OC(=O)C(C)OC(=O)[C@H](C)O)C1. The van der Waals surface area contributed by atoms with Crippen molar-refractivity contribution in [2.75, 3.05) is 0 Å². The maximum atomic E-state index is 12.1. The molecule has 0 aromatic carbocycles. The molecule has 1 aliphatic rings. The van der Waals surface area contributed by atoms with Crippen molar-refractivity contribution < 1.29 is 24.2 Å². The summed E-state index contributed by atoms with van der Waals surface area (Å²) in [7, 11) is 0. The predicted octanol–water partition coefficient (Wildman–Crippen LogP) is 2.30. The summed E-state index contributed by atoms with van der Waals surface area (Å²) in [5.41, 5.74) is 0. The number of hydrogen-bond acceptors (Lipinski definition) is 5. The fourth-order valence-corrected chi connectivity index (χ4v) is 2.82. The van der Waals surface area contributed by atoms with Gasteiger partial charge in [0.1, 0.15) is 12.2 Å². The predicted molar refractivity (Wildman–Crippen MR) is 78.5 cm³/mol. The Morgan fingerprint density at radius 1 is 1.10 bits per heavy atom. The van der Waals surface area contributed by atoms with Crippen LogP contribution in [0.25, 0.3) is 0 Å². The summed E-state index contributed by atoms with van der Waals surface area (Å²) < 4.78 is 10.5. The Kier molecular flexibility index (Phi) is 6.65. The maximum absolute atomic E-state index is 12.1. The van der Waals surface area contributed by atoms with Crippen LogP contribution in [0.3, 0.4) is 0 Å². The molecule has 0 aromatic rings. The van der Waals surface area contributed by atoms with Gasteiger partial charge in [0.05, 0.1) is 0 Å². The summed E-state index contributed by atoms with van der Waals surface area (Å²) >= 11 is 0. The van der Waals surface area contributed by atoms with Gasteiger partial charge in [-0.3, -0.25) is 0 Å². The molecule has 122 valence electrons. The molecule has 5 atom stereocenters. The zero-order valence-electron chi connectivity index (χ0n) is 13.7. The van der Waals surface area contributed by atoms with Crippen molar-refractivity contribution in [1.29, 1.82) is 0 Å². The monoisotopic (exact) mass is 300 g/mol. The number of carbonyl (C=O) groups is 2. The lowest BCUT2D eigenvalue weighted by atomic mass is 9.75. The first-order chi connectivity index (χ1) is 9.72. The van der Waals surface area contributed by atoms with Crippen molar-refractivity contribution in [2.45, 2.75) is 72.2 Å². The third-order valence-corrected chi connectivity index (χ3v) is 4.19. The molecule has 0 spiro atoms. The van der Waals surface area contributed by atoms with Gasteiger partial charge in [-0.1, -0.05) is 27.2 Å². The molecule has 0 radical (unpaired) electrons. The Balaban J connectivity index is 2.59. The van der Waals surface area contributed by atoms with Gasteiger partial charge in [0, 0.05) is 0 Å². The van der Waals surface area contributed by atoms with Gasteiger partial charge in [-0.25, -0.2) is 9.59 Å². The number of rotatable bonds is 5. The molecule has 1 aliphatic carbocycles. The topological polar surface area (TPSA) is 72.8 Å². The van der Waals surface area contributed by atoms with Gasteiger partial charge < -0.3 is 14.6 Å². The summed E-state index contributed by atoms with van der Waals surface area (Å²) in [4.78, 5) is 23.4. The number of esters is 2. The Morgan fingerprint density at radius 2 is 1.71 bits per heavy atom. The van der Waals surface area contributed by atoms with Crippen molar-refractivity contribution in [3.63, 3.8) is 0 Å². The van der Waals surface area contributed by atoms with Crippen molar-refractivity contribution >= 4 is 11.9 Å². The molecule has 0 amide bonds. The molecule has 21 heavy (non-hydrogen) atoms. The second-order valence-electron chi connectivity index (χ2n) is 6.56. The van der Waals surface area contributed by atoms with Crippen LogP contribution in [0.4, 0.5) is 0 Å². The number of aliphatic hydroxyl groups is 1. The van der Waals surface area contributed by atoms with E-state index in [1.54, 1.807) is 0 Å². The van der Waals surface area contributed by atoms with E-state index in [-0.39, 0.29) is 6.10 Å². The minimum Gasteiger partial charge on any atom is -0.459 e. The quantitative estimate of drug-likeness (QED) is 0.789. The van der Waals surface area contributed by atoms with Gasteiger partial charge in [0.2, 0.25) is 0 Å². The van der Waals surface area contributed by atoms with E-state index in [1.807, 2.05) is 0 Å². The number of ether oxygens (including phenoxy) is 2. The highest BCUT2D eigenvalue weighted by Crippen LogP contribution is 2.35. The lowest BCUT2D eigenvalue weighted by Gasteiger charge is -2.37. The van der Waals surface area contributed by atoms with Crippen LogP contribution in [0.5, 0.6) is 0 Å². The highest BCUT2D eigenvalue weighted by molar-refractivity contribution is 5.80. The number of carbonyl (C=O) groups excluding carboxylic acids is 2. The molecular weight excluding hydrogens is 272 g/mol. The van der Waals surface area contributed by atoms with E-state index in [0.29, 0.717) is 17.8 Å². The Labute approximate surface area is 127 Å². The molecular formula is C16H28O5. The van der Waals surface area contributed by atoms with Crippen molar-refractivity contribution in [3.05, 3.63) is 0 Å². The molecule has 0 bridgehead atoms. The van der Waals surface area contributed by atoms with Crippen molar-refractivity contribution in [3.8, 4) is 0 Å². The third kappa shape index (κ3) is 5.30. The molecule has 1 saturated carbocycles. The summed E-state index contributed by atoms with van der Waals surface area (Å²) in [5, 5.41) is 9.10. The van der Waals surface area contributed by atoms with Gasteiger partial charge in [-0.2, -0.15) is 0 Å². The molecule has 0 aliphatic heterocycles. The van der Waals surface area contributed by atoms with E-state index in [1.165, 1.54) is 13.8 Å². The van der Waals surface area contributed by atoms with E-state index < -0.39 is 24.1 Å². The standard InChI is InChI=1S/C16H28O5/c1-9(2)13-7-6-10(3)8-14(13)21-16(19)12(5)20-15(18)11(4)17/h9-14,17H,6-8H2,1-5H3/t10?,11-,12?,13?,14?/m0/s1. The van der Waals surface area contributed by atoms with Gasteiger partial charge in [0.25, 0.3) is 0 Å². The van der Waals surface area contributed by atoms with Crippen LogP contribution in [0.1, 0.15) is 53.9 Å². The van der Waals surface area contributed by atoms with Gasteiger partial charge in [-0.15, -0.1) is 0 Å². The number of hydrogen-bond donors (Lipinski definition) is 1. The largest absolute Gasteiger partial charge is 0.459 e. The van der Waals surface area contributed by atoms with Gasteiger partial charge in [-0.05, 0) is 44.4 Å². The Bertz CT molecular complexity index is 364. The van der Waals surface area contributed by atoms with Crippen molar-refractivity contribution in [2.24, 2.45) is 17.8 Å². The highest BCUT2D eigenvalue weighted by Gasteiger charge is 2.35. The highest BCUT2D eigenvalue weighted by atomic mass is 16.6. The maximum Gasteiger partial charge on any atom is 0.347 e. The average molecular weight is 300 g/mol. The fraction of sp³-hybridized carbons (Fsp3) is 0.875. The van der Waals surface area contributed by atoms with Crippen LogP contribution >= 0.6 is 0 Å². The van der Waals surface area contributed by atoms with Crippen LogP contribution in [-0.4, -0.2) is 35.4 Å². The summed E-state index contributed by atoms with van der Waals surface area (Å²) in [6, 6.07) is 0. The molecule has 1 fully saturated rings. The van der Waals surface area contributed by atoms with E-state index in [0.717, 1.165) is 19.3 Å². The van der Waals surface area contributed by atoms with E-state index in [4.69, 9.17) is 14.6 Å². The first-order valence-corrected chi connectivity index (χ1v) is 7.81. The average Bonchev–Trinajstić information content (AvgIpc) is 2.37. The van der Waals surface area contributed by atoms with Crippen LogP contribution in [0, 0.1) is 17.8 Å². The summed E-state index contributed by atoms with van der Waals surface area (Å²) in [6.45, 7) is 9.21. The van der Waals surface area contributed by atoms with Crippen LogP contribution in [0.15, 0.2) is 0 Å². The minimum absolute atomic E-state index is 0.117. The molecule has 0 saturated heterocycles. The van der Waals surface area contributed by atoms with E-state index in [2.05, 4.69) is 20.8 Å². The lowest BCUT2D eigenvalue weighted by molar-refractivity contribution is -0.178. The Hall–Kier alpha value is -1.10. The van der Waals surface area contributed by atoms with Gasteiger partial charge >= 0.3 is 11.9 Å². The minimum atomic E-state index is -1.24. The summed E-state index contributed by atoms with van der Waals surface area (Å²) in [6.07, 6.45) is 0.720. The van der Waals surface area contributed by atoms with Gasteiger partial charge in [0.15, 0.2) is 6.10 Å². The second-order valence-corrected chi connectivity index (χ2v) is 6.56. The molecule has 0 aromatic heterocycles. The first kappa shape index (κ1) is 18.0. The van der Waals surface area contributed by atoms with Crippen LogP contribution < -0.4 is 0 Å². The second kappa shape index (κ2) is 7.78. The molecule has 1 N–H and O–H groups in total. The fourth-order valence-electron chi connectivity index (χ4n) is 2.82. The van der Waals surface area contributed by atoms with E-state index >= 15 is 0 Å². The first-order valence-electron chi connectivity index (χ1n) is 7.81. The van der Waals surface area contributed by atoms with Crippen LogP contribution in [-0.2, 0) is 19.1 Å². The molecule has 5 nitrogen and oxygen atoms in total. The molecule has 5 heteroatoms. The smallest absolute Gasteiger partial charge is 0.347 e. The Morgan fingerprint density at radius 3 is 2.24 bits per heavy atom. The number of aliphatic hydroxyl groups excluding tert-OH is 1. The van der Waals surface area contributed by atoms with Crippen molar-refractivity contribution in [1.82, 2.24) is 0 Å². The zero-order chi connectivity index (χ0) is 16.2. The zero-order valence-corrected chi connectivity index (χ0v) is 13.7. The summed E-state index contributed by atoms with van der Waals surface area (Å²) in [5.74, 6) is -0.00539. The molecule has 0 heterocycles.